The average molecular weight is 319 g/mol. The summed E-state index contributed by atoms with van der Waals surface area (Å²) in [5, 5.41) is 2.69. The molecule has 5 nitrogen and oxygen atoms in total. The molecule has 2 aromatic carbocycles. The number of halogens is 1. The Bertz CT molecular complexity index is 690. The van der Waals surface area contributed by atoms with E-state index in [1.54, 1.807) is 37.3 Å². The van der Waals surface area contributed by atoms with E-state index in [-0.39, 0.29) is 5.75 Å². The van der Waals surface area contributed by atoms with Gasteiger partial charge < -0.3 is 19.5 Å². The zero-order chi connectivity index (χ0) is 16.8. The predicted molar refractivity (Wildman–Crippen MR) is 84.7 cm³/mol. The summed E-state index contributed by atoms with van der Waals surface area (Å²) in [6.45, 7) is 1.54. The lowest BCUT2D eigenvalue weighted by Gasteiger charge is -2.16. The zero-order valence-corrected chi connectivity index (χ0v) is 13.1. The fourth-order valence-corrected chi connectivity index (χ4v) is 1.94. The number of nitrogens with one attached hydrogen (secondary N) is 1. The smallest absolute Gasteiger partial charge is 0.265 e. The lowest BCUT2D eigenvalue weighted by atomic mass is 10.2. The van der Waals surface area contributed by atoms with Gasteiger partial charge in [-0.3, -0.25) is 4.79 Å². The third-order valence-electron chi connectivity index (χ3n) is 3.16. The predicted octanol–water partition coefficient (Wildman–Crippen LogP) is 3.25. The van der Waals surface area contributed by atoms with Gasteiger partial charge in [0.1, 0.15) is 0 Å². The molecule has 0 aliphatic heterocycles. The van der Waals surface area contributed by atoms with Crippen LogP contribution < -0.4 is 19.5 Å². The Kier molecular flexibility index (Phi) is 5.41. The van der Waals surface area contributed by atoms with Gasteiger partial charge in [-0.2, -0.15) is 0 Å². The second-order valence-electron chi connectivity index (χ2n) is 4.75. The maximum Gasteiger partial charge on any atom is 0.265 e. The number of hydrogen-bond donors (Lipinski definition) is 1. The van der Waals surface area contributed by atoms with Gasteiger partial charge in [0, 0.05) is 11.8 Å². The van der Waals surface area contributed by atoms with Gasteiger partial charge in [-0.1, -0.05) is 12.1 Å². The Balaban J connectivity index is 2.05. The molecule has 6 heteroatoms. The van der Waals surface area contributed by atoms with Gasteiger partial charge in [0.25, 0.3) is 5.91 Å². The van der Waals surface area contributed by atoms with Crippen molar-refractivity contribution < 1.29 is 23.4 Å². The molecule has 1 amide bonds. The molecule has 23 heavy (non-hydrogen) atoms. The molecule has 122 valence electrons. The second-order valence-corrected chi connectivity index (χ2v) is 4.75. The SMILES string of the molecule is COc1ccc(NC(=O)C(C)Oc2ccccc2F)cc1OC. The molecule has 0 aliphatic carbocycles. The van der Waals surface area contributed by atoms with Crippen LogP contribution >= 0.6 is 0 Å². The summed E-state index contributed by atoms with van der Waals surface area (Å²) in [5.41, 5.74) is 0.525. The molecule has 2 rings (SSSR count). The standard InChI is InChI=1S/C17H18FNO4/c1-11(23-14-7-5-4-6-13(14)18)17(20)19-12-8-9-15(21-2)16(10-12)22-3/h4-11H,1-3H3,(H,19,20). The average Bonchev–Trinajstić information content (AvgIpc) is 2.56. The summed E-state index contributed by atoms with van der Waals surface area (Å²) >= 11 is 0. The molecule has 0 fully saturated rings. The molecule has 0 aliphatic rings. The lowest BCUT2D eigenvalue weighted by molar-refractivity contribution is -0.122. The van der Waals surface area contributed by atoms with Gasteiger partial charge in [0.05, 0.1) is 14.2 Å². The Morgan fingerprint density at radius 1 is 1.04 bits per heavy atom. The minimum absolute atomic E-state index is 0.0301. The fraction of sp³-hybridized carbons (Fsp3) is 0.235. The number of methoxy groups -OCH3 is 2. The van der Waals surface area contributed by atoms with Crippen LogP contribution in [0.5, 0.6) is 17.2 Å². The lowest BCUT2D eigenvalue weighted by Crippen LogP contribution is -2.30. The van der Waals surface area contributed by atoms with Crippen molar-refractivity contribution in [3.63, 3.8) is 0 Å². The molecule has 0 spiro atoms. The highest BCUT2D eigenvalue weighted by Gasteiger charge is 2.17. The second kappa shape index (κ2) is 7.49. The minimum atomic E-state index is -0.861. The molecule has 0 aromatic heterocycles. The van der Waals surface area contributed by atoms with Gasteiger partial charge >= 0.3 is 0 Å². The van der Waals surface area contributed by atoms with Crippen LogP contribution in [0.25, 0.3) is 0 Å². The number of hydrogen-bond acceptors (Lipinski definition) is 4. The van der Waals surface area contributed by atoms with Gasteiger partial charge in [0.2, 0.25) is 0 Å². The molecule has 1 atom stereocenters. The molecule has 0 saturated carbocycles. The molecule has 0 radical (unpaired) electrons. The van der Waals surface area contributed by atoms with E-state index >= 15 is 0 Å². The number of para-hydroxylation sites is 1. The van der Waals surface area contributed by atoms with Crippen molar-refractivity contribution in [2.45, 2.75) is 13.0 Å². The summed E-state index contributed by atoms with van der Waals surface area (Å²) in [6, 6.07) is 10.9. The van der Waals surface area contributed by atoms with Crippen molar-refractivity contribution in [3.05, 3.63) is 48.3 Å². The van der Waals surface area contributed by atoms with E-state index in [1.807, 2.05) is 0 Å². The first-order valence-corrected chi connectivity index (χ1v) is 6.99. The molecule has 1 unspecified atom stereocenters. The highest BCUT2D eigenvalue weighted by molar-refractivity contribution is 5.94. The molecule has 1 N–H and O–H groups in total. The quantitative estimate of drug-likeness (QED) is 0.888. The van der Waals surface area contributed by atoms with Crippen molar-refractivity contribution in [1.82, 2.24) is 0 Å². The van der Waals surface area contributed by atoms with Crippen LogP contribution in [0.4, 0.5) is 10.1 Å². The van der Waals surface area contributed by atoms with E-state index in [1.165, 1.54) is 26.4 Å². The van der Waals surface area contributed by atoms with E-state index in [4.69, 9.17) is 14.2 Å². The monoisotopic (exact) mass is 319 g/mol. The molecular weight excluding hydrogens is 301 g/mol. The Labute approximate surface area is 134 Å². The highest BCUT2D eigenvalue weighted by atomic mass is 19.1. The fourth-order valence-electron chi connectivity index (χ4n) is 1.94. The van der Waals surface area contributed by atoms with Crippen molar-refractivity contribution in [2.24, 2.45) is 0 Å². The van der Waals surface area contributed by atoms with E-state index in [0.29, 0.717) is 17.2 Å². The molecule has 0 bridgehead atoms. The summed E-state index contributed by atoms with van der Waals surface area (Å²) in [7, 11) is 3.04. The van der Waals surface area contributed by atoms with Crippen LogP contribution in [0.15, 0.2) is 42.5 Å². The van der Waals surface area contributed by atoms with Crippen molar-refractivity contribution in [3.8, 4) is 17.2 Å². The molecule has 0 heterocycles. The summed E-state index contributed by atoms with van der Waals surface area (Å²) < 4.78 is 29.2. The van der Waals surface area contributed by atoms with Gasteiger partial charge in [0.15, 0.2) is 29.2 Å². The van der Waals surface area contributed by atoms with Crippen molar-refractivity contribution in [1.29, 1.82) is 0 Å². The van der Waals surface area contributed by atoms with Crippen molar-refractivity contribution >= 4 is 11.6 Å². The number of carbonyl (C=O) groups excluding carboxylic acids is 1. The van der Waals surface area contributed by atoms with E-state index in [9.17, 15) is 9.18 Å². The number of anilines is 1. The third kappa shape index (κ3) is 4.12. The van der Waals surface area contributed by atoms with Crippen molar-refractivity contribution in [2.75, 3.05) is 19.5 Å². The summed E-state index contributed by atoms with van der Waals surface area (Å²) in [4.78, 5) is 12.2. The van der Waals surface area contributed by atoms with Crippen LogP contribution in [-0.2, 0) is 4.79 Å². The number of ether oxygens (including phenoxy) is 3. The molecule has 2 aromatic rings. The van der Waals surface area contributed by atoms with Gasteiger partial charge in [-0.05, 0) is 31.2 Å². The summed E-state index contributed by atoms with van der Waals surface area (Å²) in [6.07, 6.45) is -0.861. The number of carbonyl (C=O) groups is 1. The number of amides is 1. The van der Waals surface area contributed by atoms with Gasteiger partial charge in [-0.15, -0.1) is 0 Å². The first-order valence-electron chi connectivity index (χ1n) is 6.99. The maximum atomic E-state index is 13.5. The normalized spacial score (nSPS) is 11.5. The highest BCUT2D eigenvalue weighted by Crippen LogP contribution is 2.29. The van der Waals surface area contributed by atoms with Crippen LogP contribution in [0.2, 0.25) is 0 Å². The first-order chi connectivity index (χ1) is 11.0. The van der Waals surface area contributed by atoms with Crippen LogP contribution in [-0.4, -0.2) is 26.2 Å². The minimum Gasteiger partial charge on any atom is -0.493 e. The summed E-state index contributed by atoms with van der Waals surface area (Å²) in [5.74, 6) is 0.162. The number of benzene rings is 2. The zero-order valence-electron chi connectivity index (χ0n) is 13.1. The molecular formula is C17H18FNO4. The largest absolute Gasteiger partial charge is 0.493 e. The Hall–Kier alpha value is -2.76. The third-order valence-corrected chi connectivity index (χ3v) is 3.16. The van der Waals surface area contributed by atoms with Crippen LogP contribution in [0.3, 0.4) is 0 Å². The molecule has 0 saturated heterocycles. The Morgan fingerprint density at radius 2 is 1.74 bits per heavy atom. The maximum absolute atomic E-state index is 13.5. The van der Waals surface area contributed by atoms with E-state index < -0.39 is 17.8 Å². The van der Waals surface area contributed by atoms with E-state index in [0.717, 1.165) is 0 Å². The van der Waals surface area contributed by atoms with Crippen LogP contribution in [0.1, 0.15) is 6.92 Å². The number of rotatable bonds is 6. The van der Waals surface area contributed by atoms with Gasteiger partial charge in [-0.25, -0.2) is 4.39 Å². The first kappa shape index (κ1) is 16.6. The topological polar surface area (TPSA) is 56.8 Å². The van der Waals surface area contributed by atoms with Crippen LogP contribution in [0, 0.1) is 5.82 Å². The Morgan fingerprint density at radius 3 is 2.39 bits per heavy atom. The van der Waals surface area contributed by atoms with E-state index in [2.05, 4.69) is 5.32 Å².